The Kier molecular flexibility index (Phi) is 3.41. The van der Waals surface area contributed by atoms with Gasteiger partial charge in [0.25, 0.3) is 0 Å². The van der Waals surface area contributed by atoms with Gasteiger partial charge in [-0.2, -0.15) is 0 Å². The van der Waals surface area contributed by atoms with Crippen LogP contribution in [0.25, 0.3) is 0 Å². The fourth-order valence-corrected chi connectivity index (χ4v) is 2.25. The zero-order chi connectivity index (χ0) is 10.7. The maximum Gasteiger partial charge on any atom is 0.303 e. The Morgan fingerprint density at radius 3 is 2.43 bits per heavy atom. The number of carbonyl (C=O) groups is 2. The number of hydrogen-bond acceptors (Lipinski definition) is 3. The van der Waals surface area contributed by atoms with Crippen molar-refractivity contribution in [3.05, 3.63) is 21.4 Å². The lowest BCUT2D eigenvalue weighted by Crippen LogP contribution is -2.03. The first kappa shape index (κ1) is 10.9. The first-order valence-electron chi connectivity index (χ1n) is 4.32. The number of aliphatic carboxylic acids is 1. The van der Waals surface area contributed by atoms with Gasteiger partial charge in [0.15, 0.2) is 5.78 Å². The zero-order valence-electron chi connectivity index (χ0n) is 8.16. The van der Waals surface area contributed by atoms with E-state index in [1.54, 1.807) is 0 Å². The van der Waals surface area contributed by atoms with Crippen LogP contribution in [-0.4, -0.2) is 16.9 Å². The highest BCUT2D eigenvalue weighted by Gasteiger charge is 2.13. The minimum Gasteiger partial charge on any atom is -0.481 e. The van der Waals surface area contributed by atoms with E-state index < -0.39 is 5.97 Å². The molecule has 0 aromatic carbocycles. The molecular weight excluding hydrogens is 200 g/mol. The van der Waals surface area contributed by atoms with Crippen molar-refractivity contribution < 1.29 is 14.7 Å². The van der Waals surface area contributed by atoms with Crippen LogP contribution in [0.5, 0.6) is 0 Å². The number of carboxylic acid groups (broad SMARTS) is 1. The number of Topliss-reactive ketones (excluding diaryl/α,β-unsaturated/α-hetero) is 1. The molecule has 76 valence electrons. The molecule has 1 aromatic rings. The van der Waals surface area contributed by atoms with Crippen molar-refractivity contribution in [3.63, 3.8) is 0 Å². The molecule has 0 saturated carbocycles. The van der Waals surface area contributed by atoms with E-state index in [0.717, 1.165) is 10.4 Å². The van der Waals surface area contributed by atoms with Gasteiger partial charge in [-0.3, -0.25) is 9.59 Å². The third-order valence-corrected chi connectivity index (χ3v) is 3.05. The maximum atomic E-state index is 11.5. The van der Waals surface area contributed by atoms with Crippen molar-refractivity contribution in [1.29, 1.82) is 0 Å². The minimum absolute atomic E-state index is 0.0667. The molecule has 1 heterocycles. The fraction of sp³-hybridized carbons (Fsp3) is 0.400. The van der Waals surface area contributed by atoms with Crippen LogP contribution in [0.4, 0.5) is 0 Å². The molecular formula is C10H12O3S. The SMILES string of the molecule is Cc1cc(C)c(C(=O)CCC(=O)O)s1. The summed E-state index contributed by atoms with van der Waals surface area (Å²) in [5.74, 6) is -0.993. The standard InChI is InChI=1S/C10H12O3S/c1-6-5-7(2)14-10(6)8(11)3-4-9(12)13/h5H,3-4H2,1-2H3,(H,12,13). The molecule has 0 amide bonds. The Labute approximate surface area is 86.4 Å². The van der Waals surface area contributed by atoms with Gasteiger partial charge in [-0.15, -0.1) is 11.3 Å². The summed E-state index contributed by atoms with van der Waals surface area (Å²) in [7, 11) is 0. The van der Waals surface area contributed by atoms with Crippen LogP contribution in [0.3, 0.4) is 0 Å². The van der Waals surface area contributed by atoms with Crippen molar-refractivity contribution in [3.8, 4) is 0 Å². The lowest BCUT2D eigenvalue weighted by molar-refractivity contribution is -0.136. The van der Waals surface area contributed by atoms with Crippen LogP contribution in [0.2, 0.25) is 0 Å². The molecule has 14 heavy (non-hydrogen) atoms. The second kappa shape index (κ2) is 4.37. The first-order valence-corrected chi connectivity index (χ1v) is 5.14. The Morgan fingerprint density at radius 2 is 2.00 bits per heavy atom. The maximum absolute atomic E-state index is 11.5. The summed E-state index contributed by atoms with van der Waals surface area (Å²) in [5.41, 5.74) is 0.947. The molecule has 0 bridgehead atoms. The van der Waals surface area contributed by atoms with E-state index in [0.29, 0.717) is 4.88 Å². The normalized spacial score (nSPS) is 10.1. The average Bonchev–Trinajstić information content (AvgIpc) is 2.41. The number of carbonyl (C=O) groups excluding carboxylic acids is 1. The predicted octanol–water partition coefficient (Wildman–Crippen LogP) is 2.41. The molecule has 0 aliphatic heterocycles. The molecule has 1 aromatic heterocycles. The molecule has 3 nitrogen and oxygen atoms in total. The number of ketones is 1. The number of hydrogen-bond donors (Lipinski definition) is 1. The molecule has 0 aliphatic rings. The smallest absolute Gasteiger partial charge is 0.303 e. The molecule has 0 fully saturated rings. The summed E-state index contributed by atoms with van der Waals surface area (Å²) in [5, 5.41) is 8.43. The lowest BCUT2D eigenvalue weighted by Gasteiger charge is -1.96. The van der Waals surface area contributed by atoms with E-state index in [1.807, 2.05) is 19.9 Å². The molecule has 1 N–H and O–H groups in total. The molecule has 0 saturated heterocycles. The summed E-state index contributed by atoms with van der Waals surface area (Å²) in [4.78, 5) is 23.6. The van der Waals surface area contributed by atoms with Gasteiger partial charge in [0.1, 0.15) is 0 Å². The van der Waals surface area contributed by atoms with E-state index in [1.165, 1.54) is 11.3 Å². The third kappa shape index (κ3) is 2.67. The van der Waals surface area contributed by atoms with E-state index in [4.69, 9.17) is 5.11 Å². The topological polar surface area (TPSA) is 54.4 Å². The van der Waals surface area contributed by atoms with Gasteiger partial charge in [0.05, 0.1) is 11.3 Å². The largest absolute Gasteiger partial charge is 0.481 e. The Morgan fingerprint density at radius 1 is 1.36 bits per heavy atom. The van der Waals surface area contributed by atoms with Gasteiger partial charge < -0.3 is 5.11 Å². The van der Waals surface area contributed by atoms with Crippen LogP contribution >= 0.6 is 11.3 Å². The summed E-state index contributed by atoms with van der Waals surface area (Å²) in [6.07, 6.45) is 0.00531. The molecule has 4 heteroatoms. The van der Waals surface area contributed by atoms with Crippen molar-refractivity contribution >= 4 is 23.1 Å². The highest BCUT2D eigenvalue weighted by atomic mass is 32.1. The zero-order valence-corrected chi connectivity index (χ0v) is 8.98. The van der Waals surface area contributed by atoms with Crippen molar-refractivity contribution in [2.24, 2.45) is 0 Å². The molecule has 0 spiro atoms. The minimum atomic E-state index is -0.927. The van der Waals surface area contributed by atoms with Crippen molar-refractivity contribution in [1.82, 2.24) is 0 Å². The Bertz CT molecular complexity index is 365. The predicted molar refractivity (Wildman–Crippen MR) is 55.0 cm³/mol. The number of thiophene rings is 1. The van der Waals surface area contributed by atoms with Gasteiger partial charge >= 0.3 is 5.97 Å². The molecule has 0 atom stereocenters. The highest BCUT2D eigenvalue weighted by molar-refractivity contribution is 7.14. The quantitative estimate of drug-likeness (QED) is 0.780. The fourth-order valence-electron chi connectivity index (χ4n) is 1.25. The van der Waals surface area contributed by atoms with E-state index in [-0.39, 0.29) is 18.6 Å². The van der Waals surface area contributed by atoms with Crippen LogP contribution in [0.15, 0.2) is 6.07 Å². The summed E-state index contributed by atoms with van der Waals surface area (Å²) >= 11 is 1.43. The third-order valence-electron chi connectivity index (χ3n) is 1.86. The number of aryl methyl sites for hydroxylation is 2. The van der Waals surface area contributed by atoms with Crippen molar-refractivity contribution in [2.45, 2.75) is 26.7 Å². The molecule has 0 unspecified atom stereocenters. The second-order valence-electron chi connectivity index (χ2n) is 3.19. The summed E-state index contributed by atoms with van der Waals surface area (Å²) < 4.78 is 0. The monoisotopic (exact) mass is 212 g/mol. The van der Waals surface area contributed by atoms with Crippen molar-refractivity contribution in [2.75, 3.05) is 0 Å². The van der Waals surface area contributed by atoms with Gasteiger partial charge in [0.2, 0.25) is 0 Å². The van der Waals surface area contributed by atoms with Crippen LogP contribution < -0.4 is 0 Å². The van der Waals surface area contributed by atoms with Gasteiger partial charge in [-0.1, -0.05) is 0 Å². The highest BCUT2D eigenvalue weighted by Crippen LogP contribution is 2.22. The van der Waals surface area contributed by atoms with Gasteiger partial charge in [-0.05, 0) is 25.5 Å². The molecule has 1 rings (SSSR count). The summed E-state index contributed by atoms with van der Waals surface area (Å²) in [6.45, 7) is 3.81. The van der Waals surface area contributed by atoms with Crippen LogP contribution in [0.1, 0.15) is 33.0 Å². The molecule has 0 aliphatic carbocycles. The number of carboxylic acids is 1. The van der Waals surface area contributed by atoms with Crippen LogP contribution in [0, 0.1) is 13.8 Å². The Balaban J connectivity index is 2.69. The van der Waals surface area contributed by atoms with Crippen LogP contribution in [-0.2, 0) is 4.79 Å². The number of rotatable bonds is 4. The average molecular weight is 212 g/mol. The second-order valence-corrected chi connectivity index (χ2v) is 4.44. The van der Waals surface area contributed by atoms with E-state index in [9.17, 15) is 9.59 Å². The summed E-state index contributed by atoms with van der Waals surface area (Å²) in [6, 6.07) is 1.94. The first-order chi connectivity index (χ1) is 6.50. The molecule has 0 radical (unpaired) electrons. The van der Waals surface area contributed by atoms with E-state index >= 15 is 0 Å². The Hall–Kier alpha value is -1.16. The van der Waals surface area contributed by atoms with Gasteiger partial charge in [-0.25, -0.2) is 0 Å². The van der Waals surface area contributed by atoms with E-state index in [2.05, 4.69) is 0 Å². The van der Waals surface area contributed by atoms with Gasteiger partial charge in [0, 0.05) is 11.3 Å². The lowest BCUT2D eigenvalue weighted by atomic mass is 10.1.